The Bertz CT molecular complexity index is 1230. The van der Waals surface area contributed by atoms with E-state index in [1.807, 2.05) is 32.0 Å². The van der Waals surface area contributed by atoms with E-state index in [0.29, 0.717) is 31.8 Å². The van der Waals surface area contributed by atoms with Gasteiger partial charge in [0.1, 0.15) is 18.1 Å². The van der Waals surface area contributed by atoms with E-state index < -0.39 is 0 Å². The van der Waals surface area contributed by atoms with Gasteiger partial charge in [0.25, 0.3) is 5.91 Å². The van der Waals surface area contributed by atoms with Crippen LogP contribution in [0.5, 0.6) is 11.5 Å². The van der Waals surface area contributed by atoms with Gasteiger partial charge in [0.15, 0.2) is 0 Å². The van der Waals surface area contributed by atoms with Crippen LogP contribution in [-0.2, 0) is 24.4 Å². The first-order chi connectivity index (χ1) is 17.4. The number of amides is 1. The molecule has 1 saturated heterocycles. The summed E-state index contributed by atoms with van der Waals surface area (Å²) in [4.78, 5) is 19.9. The van der Waals surface area contributed by atoms with Crippen LogP contribution in [0.1, 0.15) is 41.0 Å². The topological polar surface area (TPSA) is 94.2 Å². The first-order valence-electron chi connectivity index (χ1n) is 12.6. The number of carbonyl (C=O) groups is 1. The Kier molecular flexibility index (Phi) is 7.13. The summed E-state index contributed by atoms with van der Waals surface area (Å²) < 4.78 is 11.7. The number of likely N-dealkylation sites (N-methyl/N-ethyl adjacent to an activating group) is 1. The average Bonchev–Trinajstić information content (AvgIpc) is 3.46. The molecule has 36 heavy (non-hydrogen) atoms. The molecule has 1 amide bonds. The highest BCUT2D eigenvalue weighted by Gasteiger charge is 2.27. The molecule has 3 aromatic rings. The SMILES string of the molecule is CC(C)OCc1[nH]nc2cc(O)c(C(=O)N3Cc4ccc(OCCN5CCN(C)CC5)cc4C3)cc12. The fraction of sp³-hybridized carbons (Fsp3) is 0.481. The van der Waals surface area contributed by atoms with Crippen LogP contribution in [0.3, 0.4) is 0 Å². The maximum absolute atomic E-state index is 13.4. The quantitative estimate of drug-likeness (QED) is 0.498. The molecule has 2 N–H and O–H groups in total. The second-order valence-corrected chi connectivity index (χ2v) is 10.0. The summed E-state index contributed by atoms with van der Waals surface area (Å²) in [6.07, 6.45) is 0.0744. The van der Waals surface area contributed by atoms with Crippen LogP contribution in [-0.4, -0.2) is 88.4 Å². The van der Waals surface area contributed by atoms with Gasteiger partial charge >= 0.3 is 0 Å². The molecule has 5 rings (SSSR count). The number of nitrogens with one attached hydrogen (secondary N) is 1. The lowest BCUT2D eigenvalue weighted by Crippen LogP contribution is -2.45. The molecule has 0 unspecified atom stereocenters. The number of nitrogens with zero attached hydrogens (tertiary/aromatic N) is 4. The van der Waals surface area contributed by atoms with Crippen molar-refractivity contribution in [2.24, 2.45) is 0 Å². The highest BCUT2D eigenvalue weighted by Crippen LogP contribution is 2.32. The van der Waals surface area contributed by atoms with Gasteiger partial charge in [-0.1, -0.05) is 6.07 Å². The van der Waals surface area contributed by atoms with Crippen molar-refractivity contribution < 1.29 is 19.4 Å². The van der Waals surface area contributed by atoms with E-state index in [2.05, 4.69) is 27.0 Å². The number of aromatic nitrogens is 2. The molecule has 3 heterocycles. The number of fused-ring (bicyclic) bond motifs is 2. The zero-order valence-corrected chi connectivity index (χ0v) is 21.3. The normalized spacial score (nSPS) is 16.7. The predicted molar refractivity (Wildman–Crippen MR) is 137 cm³/mol. The first kappa shape index (κ1) is 24.5. The fourth-order valence-electron chi connectivity index (χ4n) is 4.77. The Hall–Kier alpha value is -3.14. The number of H-pyrrole nitrogens is 1. The van der Waals surface area contributed by atoms with Crippen molar-refractivity contribution in [1.82, 2.24) is 24.9 Å². The molecule has 0 spiro atoms. The number of ether oxygens (including phenoxy) is 2. The van der Waals surface area contributed by atoms with Gasteiger partial charge in [-0.15, -0.1) is 0 Å². The Morgan fingerprint density at radius 2 is 1.89 bits per heavy atom. The van der Waals surface area contributed by atoms with E-state index in [0.717, 1.165) is 60.7 Å². The molecule has 2 aliphatic rings. The second kappa shape index (κ2) is 10.5. The minimum absolute atomic E-state index is 0.0702. The van der Waals surface area contributed by atoms with Crippen LogP contribution >= 0.6 is 0 Å². The highest BCUT2D eigenvalue weighted by molar-refractivity contribution is 6.01. The third kappa shape index (κ3) is 5.33. The van der Waals surface area contributed by atoms with Crippen LogP contribution in [0.2, 0.25) is 0 Å². The summed E-state index contributed by atoms with van der Waals surface area (Å²) in [5.41, 5.74) is 3.84. The third-order valence-corrected chi connectivity index (χ3v) is 7.00. The van der Waals surface area contributed by atoms with Crippen molar-refractivity contribution >= 4 is 16.8 Å². The zero-order valence-electron chi connectivity index (χ0n) is 21.3. The third-order valence-electron chi connectivity index (χ3n) is 7.00. The van der Waals surface area contributed by atoms with Gasteiger partial charge < -0.3 is 24.4 Å². The average molecular weight is 494 g/mol. The lowest BCUT2D eigenvalue weighted by Gasteiger charge is -2.32. The molecule has 192 valence electrons. The minimum Gasteiger partial charge on any atom is -0.507 e. The number of aromatic hydroxyl groups is 1. The predicted octanol–water partition coefficient (Wildman–Crippen LogP) is 2.98. The molecule has 9 heteroatoms. The number of hydrogen-bond donors (Lipinski definition) is 2. The lowest BCUT2D eigenvalue weighted by molar-refractivity contribution is 0.0642. The van der Waals surface area contributed by atoms with Gasteiger partial charge in [-0.2, -0.15) is 5.10 Å². The van der Waals surface area contributed by atoms with Crippen molar-refractivity contribution in [3.05, 3.63) is 52.7 Å². The maximum atomic E-state index is 13.4. The monoisotopic (exact) mass is 493 g/mol. The first-order valence-corrected chi connectivity index (χ1v) is 12.6. The summed E-state index contributed by atoms with van der Waals surface area (Å²) in [7, 11) is 2.16. The van der Waals surface area contributed by atoms with Crippen LogP contribution in [0, 0.1) is 0 Å². The van der Waals surface area contributed by atoms with Crippen molar-refractivity contribution in [2.75, 3.05) is 46.4 Å². The van der Waals surface area contributed by atoms with Crippen LogP contribution in [0.15, 0.2) is 30.3 Å². The Morgan fingerprint density at radius 1 is 1.11 bits per heavy atom. The summed E-state index contributed by atoms with van der Waals surface area (Å²) in [6, 6.07) is 9.30. The van der Waals surface area contributed by atoms with Crippen molar-refractivity contribution in [3.8, 4) is 11.5 Å². The number of phenols is 1. The van der Waals surface area contributed by atoms with E-state index in [-0.39, 0.29) is 23.3 Å². The molecule has 0 radical (unpaired) electrons. The summed E-state index contributed by atoms with van der Waals surface area (Å²) >= 11 is 0. The van der Waals surface area contributed by atoms with E-state index in [4.69, 9.17) is 9.47 Å². The summed E-state index contributed by atoms with van der Waals surface area (Å²) in [5.74, 6) is 0.550. The minimum atomic E-state index is -0.208. The fourth-order valence-corrected chi connectivity index (χ4v) is 4.77. The van der Waals surface area contributed by atoms with E-state index >= 15 is 0 Å². The van der Waals surface area contributed by atoms with E-state index in [1.165, 1.54) is 6.07 Å². The summed E-state index contributed by atoms with van der Waals surface area (Å²) in [5, 5.41) is 18.6. The molecule has 0 atom stereocenters. The standard InChI is InChI=1S/C27H35N5O4/c1-18(2)36-17-25-22-13-23(26(33)14-24(22)28-29-25)27(34)32-15-19-4-5-21(12-20(19)16-32)35-11-10-31-8-6-30(3)7-9-31/h4-5,12-14,18,33H,6-11,15-17H2,1-3H3,(H,28,29). The largest absolute Gasteiger partial charge is 0.507 e. The highest BCUT2D eigenvalue weighted by atomic mass is 16.5. The molecular weight excluding hydrogens is 458 g/mol. The van der Waals surface area contributed by atoms with E-state index in [1.54, 1.807) is 11.0 Å². The molecule has 2 aromatic carbocycles. The number of hydrogen-bond acceptors (Lipinski definition) is 7. The van der Waals surface area contributed by atoms with Crippen LogP contribution < -0.4 is 4.74 Å². The number of rotatable bonds is 8. The van der Waals surface area contributed by atoms with Gasteiger partial charge in [-0.3, -0.25) is 14.8 Å². The molecular formula is C27H35N5O4. The molecule has 9 nitrogen and oxygen atoms in total. The van der Waals surface area contributed by atoms with Crippen LogP contribution in [0.4, 0.5) is 0 Å². The van der Waals surface area contributed by atoms with Gasteiger partial charge in [0.05, 0.1) is 29.5 Å². The number of phenolic OH excluding ortho intramolecular Hbond substituents is 1. The van der Waals surface area contributed by atoms with Crippen molar-refractivity contribution in [3.63, 3.8) is 0 Å². The number of benzene rings is 2. The second-order valence-electron chi connectivity index (χ2n) is 10.0. The van der Waals surface area contributed by atoms with Crippen LogP contribution in [0.25, 0.3) is 10.9 Å². The number of aromatic amines is 1. The molecule has 2 aliphatic heterocycles. The smallest absolute Gasteiger partial charge is 0.258 e. The van der Waals surface area contributed by atoms with E-state index in [9.17, 15) is 9.90 Å². The molecule has 0 bridgehead atoms. The summed E-state index contributed by atoms with van der Waals surface area (Å²) in [6.45, 7) is 11.2. The molecule has 0 aliphatic carbocycles. The Morgan fingerprint density at radius 3 is 2.67 bits per heavy atom. The molecule has 0 saturated carbocycles. The Balaban J connectivity index is 1.23. The van der Waals surface area contributed by atoms with Gasteiger partial charge in [0.2, 0.25) is 0 Å². The Labute approximate surface area is 211 Å². The van der Waals surface area contributed by atoms with Crippen molar-refractivity contribution in [2.45, 2.75) is 39.6 Å². The number of piperazine rings is 1. The molecule has 1 fully saturated rings. The lowest BCUT2D eigenvalue weighted by atomic mass is 10.1. The van der Waals surface area contributed by atoms with Gasteiger partial charge in [-0.05, 0) is 50.2 Å². The van der Waals surface area contributed by atoms with Crippen molar-refractivity contribution in [1.29, 1.82) is 0 Å². The zero-order chi connectivity index (χ0) is 25.2. The van der Waals surface area contributed by atoms with Gasteiger partial charge in [-0.25, -0.2) is 0 Å². The van der Waals surface area contributed by atoms with Gasteiger partial charge in [0, 0.05) is 57.3 Å². The molecule has 1 aromatic heterocycles. The maximum Gasteiger partial charge on any atom is 0.258 e. The number of carbonyl (C=O) groups excluding carboxylic acids is 1.